The summed E-state index contributed by atoms with van der Waals surface area (Å²) in [6, 6.07) is 6.99. The second-order valence-corrected chi connectivity index (χ2v) is 6.70. The Morgan fingerprint density at radius 3 is 2.50 bits per heavy atom. The van der Waals surface area contributed by atoms with Crippen LogP contribution in [0, 0.1) is 0 Å². The van der Waals surface area contributed by atoms with E-state index in [1.54, 1.807) is 46.3 Å². The first-order chi connectivity index (χ1) is 13.6. The van der Waals surface area contributed by atoms with E-state index in [2.05, 4.69) is 9.97 Å². The van der Waals surface area contributed by atoms with Crippen molar-refractivity contribution in [2.75, 3.05) is 39.8 Å². The van der Waals surface area contributed by atoms with Gasteiger partial charge >= 0.3 is 0 Å². The minimum Gasteiger partial charge on any atom is -0.342 e. The van der Waals surface area contributed by atoms with Crippen molar-refractivity contribution in [1.82, 2.24) is 24.7 Å². The van der Waals surface area contributed by atoms with Crippen LogP contribution >= 0.6 is 0 Å². The lowest BCUT2D eigenvalue weighted by atomic mass is 10.1. The molecular weight excluding hydrogens is 358 g/mol. The Labute approximate surface area is 163 Å². The van der Waals surface area contributed by atoms with E-state index in [9.17, 15) is 14.4 Å². The molecule has 0 unspecified atom stereocenters. The van der Waals surface area contributed by atoms with E-state index in [1.165, 1.54) is 6.20 Å². The normalized spacial score (nSPS) is 13.9. The van der Waals surface area contributed by atoms with E-state index in [0.29, 0.717) is 44.7 Å². The Bertz CT molecular complexity index is 835. The Balaban J connectivity index is 1.62. The molecule has 2 aromatic rings. The van der Waals surface area contributed by atoms with Gasteiger partial charge in [0.15, 0.2) is 0 Å². The molecule has 8 heteroatoms. The Morgan fingerprint density at radius 2 is 1.82 bits per heavy atom. The van der Waals surface area contributed by atoms with Gasteiger partial charge in [0.1, 0.15) is 5.69 Å². The third kappa shape index (κ3) is 4.70. The molecule has 0 N–H and O–H groups in total. The van der Waals surface area contributed by atoms with Crippen molar-refractivity contribution >= 4 is 18.2 Å². The van der Waals surface area contributed by atoms with Gasteiger partial charge in [0.25, 0.3) is 11.8 Å². The van der Waals surface area contributed by atoms with Crippen LogP contribution in [0.5, 0.6) is 0 Å². The van der Waals surface area contributed by atoms with Gasteiger partial charge in [-0.1, -0.05) is 0 Å². The maximum Gasteiger partial charge on any atom is 0.272 e. The fourth-order valence-corrected chi connectivity index (χ4v) is 3.04. The third-order valence-electron chi connectivity index (χ3n) is 4.81. The van der Waals surface area contributed by atoms with Crippen LogP contribution < -0.4 is 0 Å². The predicted molar refractivity (Wildman–Crippen MR) is 103 cm³/mol. The minimum atomic E-state index is -0.227. The maximum atomic E-state index is 12.7. The van der Waals surface area contributed by atoms with Gasteiger partial charge in [-0.15, -0.1) is 0 Å². The van der Waals surface area contributed by atoms with Crippen molar-refractivity contribution in [2.24, 2.45) is 0 Å². The van der Waals surface area contributed by atoms with E-state index in [1.807, 2.05) is 12.1 Å². The SMILES string of the molecule is CN(CCc1ccncc1)C(=O)c1cc(C(=O)N2CCN(C=O)CC2)ccn1. The highest BCUT2D eigenvalue weighted by Crippen LogP contribution is 2.11. The maximum absolute atomic E-state index is 12.7. The summed E-state index contributed by atoms with van der Waals surface area (Å²) in [4.78, 5) is 49.2. The molecule has 3 amide bonds. The Morgan fingerprint density at radius 1 is 1.11 bits per heavy atom. The number of hydrogen-bond donors (Lipinski definition) is 0. The van der Waals surface area contributed by atoms with Crippen LogP contribution in [0.1, 0.15) is 26.4 Å². The smallest absolute Gasteiger partial charge is 0.272 e. The van der Waals surface area contributed by atoms with Gasteiger partial charge in [0.2, 0.25) is 6.41 Å². The number of pyridine rings is 2. The molecule has 3 rings (SSSR count). The molecule has 0 atom stereocenters. The molecule has 0 saturated carbocycles. The highest BCUT2D eigenvalue weighted by molar-refractivity contribution is 5.98. The number of nitrogens with zero attached hydrogens (tertiary/aromatic N) is 5. The van der Waals surface area contributed by atoms with Gasteiger partial charge in [0, 0.05) is 63.9 Å². The van der Waals surface area contributed by atoms with Crippen LogP contribution in [0.4, 0.5) is 0 Å². The number of piperazine rings is 1. The third-order valence-corrected chi connectivity index (χ3v) is 4.81. The highest BCUT2D eigenvalue weighted by atomic mass is 16.2. The zero-order valence-electron chi connectivity index (χ0n) is 15.8. The summed E-state index contributed by atoms with van der Waals surface area (Å²) in [5.41, 5.74) is 1.77. The molecule has 3 heterocycles. The fourth-order valence-electron chi connectivity index (χ4n) is 3.04. The molecule has 0 aliphatic carbocycles. The number of amides is 3. The van der Waals surface area contributed by atoms with Gasteiger partial charge in [-0.25, -0.2) is 0 Å². The van der Waals surface area contributed by atoms with Crippen molar-refractivity contribution in [3.63, 3.8) is 0 Å². The quantitative estimate of drug-likeness (QED) is 0.688. The average Bonchev–Trinajstić information content (AvgIpc) is 2.77. The average molecular weight is 381 g/mol. The highest BCUT2D eigenvalue weighted by Gasteiger charge is 2.23. The summed E-state index contributed by atoms with van der Waals surface area (Å²) in [5, 5.41) is 0. The van der Waals surface area contributed by atoms with Crippen molar-refractivity contribution in [1.29, 1.82) is 0 Å². The lowest BCUT2D eigenvalue weighted by Crippen LogP contribution is -2.48. The number of hydrogen-bond acceptors (Lipinski definition) is 5. The van der Waals surface area contributed by atoms with Crippen molar-refractivity contribution < 1.29 is 14.4 Å². The second-order valence-electron chi connectivity index (χ2n) is 6.70. The molecule has 0 spiro atoms. The molecule has 0 aromatic carbocycles. The standard InChI is InChI=1S/C20H23N5O3/c1-23(9-5-16-2-6-21-7-3-16)20(28)18-14-17(4-8-22-18)19(27)25-12-10-24(15-26)11-13-25/h2-4,6-8,14-15H,5,9-13H2,1H3. The van der Waals surface area contributed by atoms with Gasteiger partial charge < -0.3 is 14.7 Å². The van der Waals surface area contributed by atoms with Crippen molar-refractivity contribution in [3.8, 4) is 0 Å². The molecule has 1 saturated heterocycles. The molecule has 1 aliphatic rings. The van der Waals surface area contributed by atoms with E-state index >= 15 is 0 Å². The fraction of sp³-hybridized carbons (Fsp3) is 0.350. The van der Waals surface area contributed by atoms with Crippen LogP contribution in [-0.4, -0.2) is 82.7 Å². The summed E-state index contributed by atoms with van der Waals surface area (Å²) in [7, 11) is 1.72. The molecule has 0 bridgehead atoms. The molecule has 146 valence electrons. The molecule has 1 fully saturated rings. The van der Waals surface area contributed by atoms with Gasteiger partial charge in [-0.05, 0) is 36.2 Å². The van der Waals surface area contributed by atoms with Crippen LogP contribution in [0.3, 0.4) is 0 Å². The monoisotopic (exact) mass is 381 g/mol. The molecule has 1 aliphatic heterocycles. The first kappa shape index (κ1) is 19.5. The molecule has 0 radical (unpaired) electrons. The van der Waals surface area contributed by atoms with E-state index in [4.69, 9.17) is 0 Å². The number of carbonyl (C=O) groups is 3. The number of rotatable bonds is 6. The predicted octanol–water partition coefficient (Wildman–Crippen LogP) is 0.706. The summed E-state index contributed by atoms with van der Waals surface area (Å²) in [6.45, 7) is 2.54. The van der Waals surface area contributed by atoms with Gasteiger partial charge in [-0.3, -0.25) is 24.4 Å². The van der Waals surface area contributed by atoms with Gasteiger partial charge in [-0.2, -0.15) is 0 Å². The first-order valence-electron chi connectivity index (χ1n) is 9.17. The summed E-state index contributed by atoms with van der Waals surface area (Å²) in [5.74, 6) is -0.379. The van der Waals surface area contributed by atoms with Crippen molar-refractivity contribution in [2.45, 2.75) is 6.42 Å². The molecule has 2 aromatic heterocycles. The Kier molecular flexibility index (Phi) is 6.31. The summed E-state index contributed by atoms with van der Waals surface area (Å²) in [6.07, 6.45) is 6.45. The molecular formula is C20H23N5O3. The second kappa shape index (κ2) is 9.07. The number of carbonyl (C=O) groups excluding carboxylic acids is 3. The van der Waals surface area contributed by atoms with Crippen LogP contribution in [0.25, 0.3) is 0 Å². The largest absolute Gasteiger partial charge is 0.342 e. The van der Waals surface area contributed by atoms with Gasteiger partial charge in [0.05, 0.1) is 0 Å². The van der Waals surface area contributed by atoms with Crippen LogP contribution in [0.2, 0.25) is 0 Å². The summed E-state index contributed by atoms with van der Waals surface area (Å²) >= 11 is 0. The lowest BCUT2D eigenvalue weighted by Gasteiger charge is -2.32. The zero-order valence-corrected chi connectivity index (χ0v) is 15.8. The van der Waals surface area contributed by atoms with Crippen LogP contribution in [0.15, 0.2) is 42.9 Å². The number of aromatic nitrogens is 2. The first-order valence-corrected chi connectivity index (χ1v) is 9.17. The van der Waals surface area contributed by atoms with E-state index < -0.39 is 0 Å². The van der Waals surface area contributed by atoms with Crippen LogP contribution in [-0.2, 0) is 11.2 Å². The minimum absolute atomic E-state index is 0.151. The zero-order chi connectivity index (χ0) is 19.9. The summed E-state index contributed by atoms with van der Waals surface area (Å²) < 4.78 is 0. The van der Waals surface area contributed by atoms with E-state index in [-0.39, 0.29) is 17.5 Å². The lowest BCUT2D eigenvalue weighted by molar-refractivity contribution is -0.119. The van der Waals surface area contributed by atoms with Crippen molar-refractivity contribution in [3.05, 3.63) is 59.7 Å². The number of likely N-dealkylation sites (N-methyl/N-ethyl adjacent to an activating group) is 1. The van der Waals surface area contributed by atoms with E-state index in [0.717, 1.165) is 12.0 Å². The molecule has 8 nitrogen and oxygen atoms in total. The topological polar surface area (TPSA) is 86.7 Å². The molecule has 28 heavy (non-hydrogen) atoms. The Hall–Kier alpha value is -3.29.